The van der Waals surface area contributed by atoms with Gasteiger partial charge in [0.25, 0.3) is 0 Å². The zero-order chi connectivity index (χ0) is 14.6. The molecule has 0 radical (unpaired) electrons. The van der Waals surface area contributed by atoms with Gasteiger partial charge in [-0.25, -0.2) is 4.79 Å². The van der Waals surface area contributed by atoms with E-state index in [1.165, 1.54) is 18.6 Å². The highest BCUT2D eigenvalue weighted by Crippen LogP contribution is 2.42. The number of aromatic nitrogens is 1. The van der Waals surface area contributed by atoms with Gasteiger partial charge < -0.3 is 18.5 Å². The maximum atomic E-state index is 10.9. The molecule has 0 spiro atoms. The van der Waals surface area contributed by atoms with Gasteiger partial charge in [-0.1, -0.05) is 16.8 Å². The fourth-order valence-electron chi connectivity index (χ4n) is 2.33. The molecule has 3 heterocycles. The van der Waals surface area contributed by atoms with Crippen molar-refractivity contribution >= 4 is 39.5 Å². The quantitative estimate of drug-likeness (QED) is 0.597. The minimum absolute atomic E-state index is 0.184. The molecular weight excluding hydrogens is 298 g/mol. The Bertz CT molecular complexity index is 942. The van der Waals surface area contributed by atoms with Gasteiger partial charge in [0, 0.05) is 16.8 Å². The molecule has 21 heavy (non-hydrogen) atoms. The van der Waals surface area contributed by atoms with Gasteiger partial charge in [-0.2, -0.15) is 0 Å². The van der Waals surface area contributed by atoms with Crippen molar-refractivity contribution in [2.24, 2.45) is 0 Å². The maximum Gasteiger partial charge on any atom is 0.358 e. The standard InChI is InChI=1S/C14H6ClNO5/c15-11-7-2-4-19-12(7)10(6-1-3-20-13(6)11)9-5-8(14(17)18)16-21-9/h1-5H,(H,17,18). The van der Waals surface area contributed by atoms with Crippen molar-refractivity contribution < 1.29 is 23.3 Å². The number of furan rings is 2. The molecule has 0 unspecified atom stereocenters. The van der Waals surface area contributed by atoms with Gasteiger partial charge in [-0.05, 0) is 12.1 Å². The molecule has 0 bridgehead atoms. The van der Waals surface area contributed by atoms with Gasteiger partial charge in [0.15, 0.2) is 17.0 Å². The Labute approximate surface area is 121 Å². The molecule has 0 saturated carbocycles. The van der Waals surface area contributed by atoms with Crippen LogP contribution in [0.3, 0.4) is 0 Å². The third kappa shape index (κ3) is 1.59. The molecule has 0 fully saturated rings. The summed E-state index contributed by atoms with van der Waals surface area (Å²) < 4.78 is 16.0. The van der Waals surface area contributed by atoms with Gasteiger partial charge in [-0.3, -0.25) is 0 Å². The van der Waals surface area contributed by atoms with Gasteiger partial charge >= 0.3 is 5.97 Å². The van der Waals surface area contributed by atoms with Crippen LogP contribution in [0.4, 0.5) is 0 Å². The summed E-state index contributed by atoms with van der Waals surface area (Å²) in [6.07, 6.45) is 2.99. The van der Waals surface area contributed by atoms with Crippen LogP contribution in [0, 0.1) is 0 Å². The van der Waals surface area contributed by atoms with Crippen LogP contribution in [0.1, 0.15) is 10.5 Å². The van der Waals surface area contributed by atoms with Crippen LogP contribution in [-0.4, -0.2) is 16.2 Å². The summed E-state index contributed by atoms with van der Waals surface area (Å²) in [7, 11) is 0. The zero-order valence-electron chi connectivity index (χ0n) is 10.3. The molecule has 0 aliphatic carbocycles. The first-order chi connectivity index (χ1) is 10.2. The number of halogens is 1. The van der Waals surface area contributed by atoms with Crippen LogP contribution in [0.2, 0.25) is 5.02 Å². The van der Waals surface area contributed by atoms with E-state index in [0.29, 0.717) is 32.5 Å². The van der Waals surface area contributed by atoms with E-state index in [1.807, 2.05) is 0 Å². The van der Waals surface area contributed by atoms with Crippen LogP contribution in [0.25, 0.3) is 33.3 Å². The van der Waals surface area contributed by atoms with Gasteiger partial charge in [-0.15, -0.1) is 0 Å². The number of aromatic carboxylic acids is 1. The molecule has 0 atom stereocenters. The SMILES string of the molecule is O=C(O)c1cc(-c2c3ccoc3c(Cl)c3ccoc23)on1. The molecule has 1 aromatic carbocycles. The molecule has 6 nitrogen and oxygen atoms in total. The maximum absolute atomic E-state index is 10.9. The predicted octanol–water partition coefficient (Wildman–Crippen LogP) is 4.19. The molecule has 0 amide bonds. The van der Waals surface area contributed by atoms with E-state index in [0.717, 1.165) is 0 Å². The second-order valence-electron chi connectivity index (χ2n) is 4.40. The summed E-state index contributed by atoms with van der Waals surface area (Å²) >= 11 is 6.28. The molecule has 7 heteroatoms. The lowest BCUT2D eigenvalue weighted by Crippen LogP contribution is -1.94. The van der Waals surface area contributed by atoms with Gasteiger partial charge in [0.2, 0.25) is 0 Å². The van der Waals surface area contributed by atoms with E-state index < -0.39 is 5.97 Å². The Morgan fingerprint density at radius 3 is 2.57 bits per heavy atom. The molecular formula is C14H6ClNO5. The number of carboxylic acid groups (broad SMARTS) is 1. The Balaban J connectivity index is 2.13. The third-order valence-electron chi connectivity index (χ3n) is 3.24. The van der Waals surface area contributed by atoms with Crippen LogP contribution in [0.15, 0.2) is 44.1 Å². The van der Waals surface area contributed by atoms with Crippen molar-refractivity contribution in [1.29, 1.82) is 0 Å². The summed E-state index contributed by atoms with van der Waals surface area (Å²) in [6.45, 7) is 0. The molecule has 104 valence electrons. The highest BCUT2D eigenvalue weighted by molar-refractivity contribution is 6.41. The number of hydrogen-bond acceptors (Lipinski definition) is 5. The Kier molecular flexibility index (Phi) is 2.37. The molecule has 4 aromatic rings. The van der Waals surface area contributed by atoms with Crippen LogP contribution < -0.4 is 0 Å². The van der Waals surface area contributed by atoms with Crippen molar-refractivity contribution in [1.82, 2.24) is 5.16 Å². The van der Waals surface area contributed by atoms with Crippen molar-refractivity contribution in [2.75, 3.05) is 0 Å². The smallest absolute Gasteiger partial charge is 0.358 e. The highest BCUT2D eigenvalue weighted by Gasteiger charge is 2.22. The summed E-state index contributed by atoms with van der Waals surface area (Å²) in [6, 6.07) is 4.75. The normalized spacial score (nSPS) is 11.5. The lowest BCUT2D eigenvalue weighted by Gasteiger charge is -2.02. The second-order valence-corrected chi connectivity index (χ2v) is 4.78. The fraction of sp³-hybridized carbons (Fsp3) is 0. The van der Waals surface area contributed by atoms with Crippen LogP contribution in [0.5, 0.6) is 0 Å². The van der Waals surface area contributed by atoms with Crippen LogP contribution in [-0.2, 0) is 0 Å². The van der Waals surface area contributed by atoms with E-state index >= 15 is 0 Å². The Hall–Kier alpha value is -2.73. The monoisotopic (exact) mass is 303 g/mol. The summed E-state index contributed by atoms with van der Waals surface area (Å²) in [5, 5.41) is 14.2. The molecule has 0 saturated heterocycles. The number of carboxylic acids is 1. The fourth-order valence-corrected chi connectivity index (χ4v) is 2.63. The number of hydrogen-bond donors (Lipinski definition) is 1. The first kappa shape index (κ1) is 12.0. The second kappa shape index (κ2) is 4.13. The van der Waals surface area contributed by atoms with E-state index in [-0.39, 0.29) is 11.5 Å². The first-order valence-corrected chi connectivity index (χ1v) is 6.31. The average molecular weight is 304 g/mol. The number of benzene rings is 1. The zero-order valence-corrected chi connectivity index (χ0v) is 11.0. The molecule has 1 N–H and O–H groups in total. The molecule has 0 aliphatic heterocycles. The van der Waals surface area contributed by atoms with Crippen molar-refractivity contribution in [2.45, 2.75) is 0 Å². The highest BCUT2D eigenvalue weighted by atomic mass is 35.5. The Morgan fingerprint density at radius 1 is 1.14 bits per heavy atom. The first-order valence-electron chi connectivity index (χ1n) is 5.93. The number of fused-ring (bicyclic) bond motifs is 2. The lowest BCUT2D eigenvalue weighted by atomic mass is 10.0. The van der Waals surface area contributed by atoms with Crippen molar-refractivity contribution in [3.05, 3.63) is 41.4 Å². The summed E-state index contributed by atoms with van der Waals surface area (Å²) in [5.74, 6) is -0.895. The largest absolute Gasteiger partial charge is 0.476 e. The summed E-state index contributed by atoms with van der Waals surface area (Å²) in [4.78, 5) is 10.9. The number of nitrogens with zero attached hydrogens (tertiary/aromatic N) is 1. The van der Waals surface area contributed by atoms with Gasteiger partial charge in [0.05, 0.1) is 23.1 Å². The minimum Gasteiger partial charge on any atom is -0.476 e. The predicted molar refractivity (Wildman–Crippen MR) is 73.5 cm³/mol. The third-order valence-corrected chi connectivity index (χ3v) is 3.61. The molecule has 4 rings (SSSR count). The minimum atomic E-state index is -1.17. The molecule has 0 aliphatic rings. The number of carbonyl (C=O) groups is 1. The van der Waals surface area contributed by atoms with E-state index in [2.05, 4.69) is 5.16 Å². The average Bonchev–Trinajstić information content (AvgIpc) is 3.19. The van der Waals surface area contributed by atoms with Gasteiger partial charge in [0.1, 0.15) is 5.58 Å². The summed E-state index contributed by atoms with van der Waals surface area (Å²) in [5.41, 5.74) is 1.34. The molecule has 3 aromatic heterocycles. The van der Waals surface area contributed by atoms with Crippen molar-refractivity contribution in [3.63, 3.8) is 0 Å². The topological polar surface area (TPSA) is 89.6 Å². The van der Waals surface area contributed by atoms with E-state index in [4.69, 9.17) is 30.1 Å². The van der Waals surface area contributed by atoms with Crippen molar-refractivity contribution in [3.8, 4) is 11.3 Å². The van der Waals surface area contributed by atoms with E-state index in [1.54, 1.807) is 12.1 Å². The van der Waals surface area contributed by atoms with E-state index in [9.17, 15) is 4.79 Å². The Morgan fingerprint density at radius 2 is 1.86 bits per heavy atom. The lowest BCUT2D eigenvalue weighted by molar-refractivity contribution is 0.0686. The van der Waals surface area contributed by atoms with Crippen LogP contribution >= 0.6 is 11.6 Å². The number of rotatable bonds is 2.